The summed E-state index contributed by atoms with van der Waals surface area (Å²) < 4.78 is 22.9. The van der Waals surface area contributed by atoms with E-state index in [4.69, 9.17) is 0 Å². The Morgan fingerprint density at radius 3 is 2.68 bits per heavy atom. The Morgan fingerprint density at radius 1 is 1.42 bits per heavy atom. The van der Waals surface area contributed by atoms with E-state index in [1.165, 1.54) is 0 Å². The number of hydrogen-bond acceptors (Lipinski definition) is 5. The summed E-state index contributed by atoms with van der Waals surface area (Å²) in [5, 5.41) is 6.60. The van der Waals surface area contributed by atoms with E-state index in [1.807, 2.05) is 6.92 Å². The molecule has 0 aliphatic rings. The van der Waals surface area contributed by atoms with Crippen molar-refractivity contribution in [2.45, 2.75) is 46.1 Å². The zero-order chi connectivity index (χ0) is 14.3. The predicted octanol–water partition coefficient (Wildman–Crippen LogP) is 2.19. The van der Waals surface area contributed by atoms with Gasteiger partial charge in [0.2, 0.25) is 0 Å². The molecule has 0 bridgehead atoms. The Hall–Kier alpha value is -0.460. The minimum Gasteiger partial charge on any atom is -0.314 e. The number of thiazole rings is 1. The fourth-order valence-corrected chi connectivity index (χ4v) is 3.71. The fourth-order valence-electron chi connectivity index (χ4n) is 1.97. The van der Waals surface area contributed by atoms with Gasteiger partial charge < -0.3 is 5.32 Å². The number of aryl methyl sites for hydroxylation is 1. The van der Waals surface area contributed by atoms with Crippen LogP contribution in [0, 0.1) is 6.92 Å². The van der Waals surface area contributed by atoms with Crippen LogP contribution < -0.4 is 5.32 Å². The molecule has 0 aromatic carbocycles. The zero-order valence-corrected chi connectivity index (χ0v) is 13.6. The van der Waals surface area contributed by atoms with Crippen LogP contribution in [0.5, 0.6) is 0 Å². The molecule has 110 valence electrons. The second kappa shape index (κ2) is 7.97. The summed E-state index contributed by atoms with van der Waals surface area (Å²) in [5.41, 5.74) is 1.06. The minimum absolute atomic E-state index is 0.241. The third-order valence-corrected chi connectivity index (χ3v) is 5.81. The van der Waals surface area contributed by atoms with Gasteiger partial charge in [0.25, 0.3) is 0 Å². The Bertz CT molecular complexity index is 469. The summed E-state index contributed by atoms with van der Waals surface area (Å²) in [6.45, 7) is 6.67. The molecule has 0 spiro atoms. The highest BCUT2D eigenvalue weighted by molar-refractivity contribution is 7.91. The van der Waals surface area contributed by atoms with Crippen molar-refractivity contribution in [1.29, 1.82) is 0 Å². The molecule has 1 aromatic heterocycles. The first-order valence-electron chi connectivity index (χ1n) is 6.81. The van der Waals surface area contributed by atoms with E-state index in [-0.39, 0.29) is 5.75 Å². The lowest BCUT2D eigenvalue weighted by Crippen LogP contribution is -2.31. The molecule has 6 heteroatoms. The van der Waals surface area contributed by atoms with Crippen molar-refractivity contribution in [1.82, 2.24) is 10.3 Å². The number of rotatable bonds is 9. The molecular weight excluding hydrogens is 280 g/mol. The van der Waals surface area contributed by atoms with E-state index in [1.54, 1.807) is 18.3 Å². The van der Waals surface area contributed by atoms with Gasteiger partial charge in [-0.3, -0.25) is 0 Å². The molecule has 1 heterocycles. The lowest BCUT2D eigenvalue weighted by molar-refractivity contribution is 0.483. The van der Waals surface area contributed by atoms with Gasteiger partial charge >= 0.3 is 0 Å². The molecule has 1 rings (SSSR count). The van der Waals surface area contributed by atoms with Crippen molar-refractivity contribution < 1.29 is 8.42 Å². The first-order chi connectivity index (χ1) is 8.96. The largest absolute Gasteiger partial charge is 0.314 e. The molecule has 1 unspecified atom stereocenters. The summed E-state index contributed by atoms with van der Waals surface area (Å²) in [6, 6.07) is 0.322. The highest BCUT2D eigenvalue weighted by Crippen LogP contribution is 2.13. The van der Waals surface area contributed by atoms with Gasteiger partial charge in [-0.15, -0.1) is 11.3 Å². The van der Waals surface area contributed by atoms with Crippen LogP contribution in [-0.2, 0) is 16.3 Å². The average molecular weight is 304 g/mol. The second-order valence-corrected chi connectivity index (χ2v) is 8.14. The van der Waals surface area contributed by atoms with E-state index in [0.29, 0.717) is 11.8 Å². The molecule has 0 fully saturated rings. The Labute approximate surface area is 120 Å². The SMILES string of the molecule is CCNC(CCCS(=O)(=O)CC)Cc1nc(C)cs1. The fraction of sp³-hybridized carbons (Fsp3) is 0.769. The molecule has 0 aliphatic carbocycles. The van der Waals surface area contributed by atoms with Crippen LogP contribution in [0.4, 0.5) is 0 Å². The molecule has 1 aromatic rings. The second-order valence-electron chi connectivity index (χ2n) is 4.72. The lowest BCUT2D eigenvalue weighted by atomic mass is 10.1. The number of hydrogen-bond donors (Lipinski definition) is 1. The van der Waals surface area contributed by atoms with Crippen LogP contribution in [0.2, 0.25) is 0 Å². The molecule has 0 saturated carbocycles. The third-order valence-electron chi connectivity index (χ3n) is 3.03. The third kappa shape index (κ3) is 6.49. The maximum absolute atomic E-state index is 11.5. The van der Waals surface area contributed by atoms with Gasteiger partial charge in [0.15, 0.2) is 0 Å². The molecule has 0 radical (unpaired) electrons. The summed E-state index contributed by atoms with van der Waals surface area (Å²) in [4.78, 5) is 4.47. The first-order valence-corrected chi connectivity index (χ1v) is 9.51. The number of nitrogens with one attached hydrogen (secondary N) is 1. The smallest absolute Gasteiger partial charge is 0.150 e. The summed E-state index contributed by atoms with van der Waals surface area (Å²) in [7, 11) is -2.84. The van der Waals surface area contributed by atoms with Crippen molar-refractivity contribution in [2.75, 3.05) is 18.1 Å². The van der Waals surface area contributed by atoms with Crippen molar-refractivity contribution in [3.8, 4) is 0 Å². The molecule has 19 heavy (non-hydrogen) atoms. The monoisotopic (exact) mass is 304 g/mol. The van der Waals surface area contributed by atoms with Gasteiger partial charge in [-0.05, 0) is 26.3 Å². The molecule has 1 N–H and O–H groups in total. The summed E-state index contributed by atoms with van der Waals surface area (Å²) in [6.07, 6.45) is 2.49. The van der Waals surface area contributed by atoms with E-state index >= 15 is 0 Å². The standard InChI is InChI=1S/C13H24N2O2S2/c1-4-14-12(7-6-8-19(16,17)5-2)9-13-15-11(3)10-18-13/h10,12,14H,4-9H2,1-3H3. The molecule has 0 amide bonds. The Balaban J connectivity index is 2.44. The number of aromatic nitrogens is 1. The number of sulfone groups is 1. The van der Waals surface area contributed by atoms with Crippen LogP contribution >= 0.6 is 11.3 Å². The van der Waals surface area contributed by atoms with Crippen molar-refractivity contribution in [3.05, 3.63) is 16.1 Å². The zero-order valence-electron chi connectivity index (χ0n) is 12.0. The topological polar surface area (TPSA) is 59.1 Å². The molecule has 1 atom stereocenters. The molecule has 0 aliphatic heterocycles. The highest BCUT2D eigenvalue weighted by Gasteiger charge is 2.13. The Morgan fingerprint density at radius 2 is 2.16 bits per heavy atom. The molecular formula is C13H24N2O2S2. The van der Waals surface area contributed by atoms with Crippen LogP contribution in [0.25, 0.3) is 0 Å². The van der Waals surface area contributed by atoms with Gasteiger partial charge in [-0.25, -0.2) is 13.4 Å². The van der Waals surface area contributed by atoms with Crippen molar-refractivity contribution in [3.63, 3.8) is 0 Å². The normalized spacial score (nSPS) is 13.6. The maximum atomic E-state index is 11.5. The first kappa shape index (κ1) is 16.6. The van der Waals surface area contributed by atoms with Crippen molar-refractivity contribution in [2.24, 2.45) is 0 Å². The van der Waals surface area contributed by atoms with Gasteiger partial charge in [-0.2, -0.15) is 0 Å². The lowest BCUT2D eigenvalue weighted by Gasteiger charge is -2.16. The molecule has 4 nitrogen and oxygen atoms in total. The maximum Gasteiger partial charge on any atom is 0.150 e. The van der Waals surface area contributed by atoms with E-state index in [0.717, 1.165) is 36.5 Å². The van der Waals surface area contributed by atoms with Crippen LogP contribution in [0.1, 0.15) is 37.4 Å². The summed E-state index contributed by atoms with van der Waals surface area (Å²) in [5.74, 6) is 0.535. The van der Waals surface area contributed by atoms with Gasteiger partial charge in [-0.1, -0.05) is 13.8 Å². The number of nitrogens with zero attached hydrogens (tertiary/aromatic N) is 1. The van der Waals surface area contributed by atoms with Crippen LogP contribution in [-0.4, -0.2) is 37.5 Å². The van der Waals surface area contributed by atoms with Crippen LogP contribution in [0.15, 0.2) is 5.38 Å². The quantitative estimate of drug-likeness (QED) is 0.760. The van der Waals surface area contributed by atoms with Gasteiger partial charge in [0, 0.05) is 29.3 Å². The predicted molar refractivity (Wildman–Crippen MR) is 81.6 cm³/mol. The number of likely N-dealkylation sites (N-methyl/N-ethyl adjacent to an activating group) is 1. The van der Waals surface area contributed by atoms with Crippen molar-refractivity contribution >= 4 is 21.2 Å². The van der Waals surface area contributed by atoms with Crippen LogP contribution in [0.3, 0.4) is 0 Å². The van der Waals surface area contributed by atoms with E-state index in [2.05, 4.69) is 22.6 Å². The van der Waals surface area contributed by atoms with Gasteiger partial charge in [0.1, 0.15) is 9.84 Å². The average Bonchev–Trinajstić information content (AvgIpc) is 2.75. The van der Waals surface area contributed by atoms with E-state index < -0.39 is 9.84 Å². The highest BCUT2D eigenvalue weighted by atomic mass is 32.2. The summed E-state index contributed by atoms with van der Waals surface area (Å²) >= 11 is 1.68. The van der Waals surface area contributed by atoms with Gasteiger partial charge in [0.05, 0.1) is 10.8 Å². The molecule has 0 saturated heterocycles. The minimum atomic E-state index is -2.84. The van der Waals surface area contributed by atoms with E-state index in [9.17, 15) is 8.42 Å². The Kier molecular flexibility index (Phi) is 6.96.